The molecule has 2 heterocycles. The van der Waals surface area contributed by atoms with Crippen LogP contribution in [0.25, 0.3) is 21.3 Å². The number of methoxy groups -OCH3 is 1. The highest BCUT2D eigenvalue weighted by Gasteiger charge is 2.25. The minimum Gasteiger partial charge on any atom is -0.497 e. The molecule has 0 saturated carbocycles. The van der Waals surface area contributed by atoms with Crippen molar-refractivity contribution in [3.8, 4) is 16.9 Å². The van der Waals surface area contributed by atoms with E-state index in [-0.39, 0.29) is 12.2 Å². The van der Waals surface area contributed by atoms with Crippen molar-refractivity contribution in [2.24, 2.45) is 0 Å². The molecule has 0 N–H and O–H groups in total. The van der Waals surface area contributed by atoms with Crippen molar-refractivity contribution < 1.29 is 14.3 Å². The number of hydrogen-bond acceptors (Lipinski definition) is 6. The number of nitrogens with zero attached hydrogens (tertiary/aromatic N) is 2. The van der Waals surface area contributed by atoms with Gasteiger partial charge in [-0.1, -0.05) is 19.1 Å². The summed E-state index contributed by atoms with van der Waals surface area (Å²) in [5.74, 6) is 0.848. The van der Waals surface area contributed by atoms with Crippen LogP contribution < -0.4 is 10.3 Å². The van der Waals surface area contributed by atoms with E-state index < -0.39 is 12.0 Å². The zero-order chi connectivity index (χ0) is 19.6. The molecule has 1 unspecified atom stereocenters. The monoisotopic (exact) mass is 386 g/mol. The quantitative estimate of drug-likeness (QED) is 0.600. The van der Waals surface area contributed by atoms with Crippen molar-refractivity contribution in [3.05, 3.63) is 45.8 Å². The van der Waals surface area contributed by atoms with Crippen LogP contribution in [-0.2, 0) is 9.53 Å². The first kappa shape index (κ1) is 19.1. The number of benzene rings is 1. The van der Waals surface area contributed by atoms with Gasteiger partial charge >= 0.3 is 5.97 Å². The minimum atomic E-state index is -0.682. The van der Waals surface area contributed by atoms with Crippen LogP contribution in [-0.4, -0.2) is 29.2 Å². The Hall–Kier alpha value is -2.67. The predicted octanol–water partition coefficient (Wildman–Crippen LogP) is 3.96. The summed E-state index contributed by atoms with van der Waals surface area (Å²) in [5.41, 5.74) is 1.49. The maximum absolute atomic E-state index is 13.3. The van der Waals surface area contributed by atoms with Crippen LogP contribution in [0.1, 0.15) is 32.1 Å². The van der Waals surface area contributed by atoms with Crippen LogP contribution in [0.5, 0.6) is 5.75 Å². The van der Waals surface area contributed by atoms with Crippen LogP contribution in [0.15, 0.2) is 34.4 Å². The normalized spacial score (nSPS) is 12.1. The summed E-state index contributed by atoms with van der Waals surface area (Å²) in [6.45, 7) is 5.63. The Bertz CT molecular complexity index is 1020. The summed E-state index contributed by atoms with van der Waals surface area (Å²) in [6.07, 6.45) is 0.453. The van der Waals surface area contributed by atoms with Crippen molar-refractivity contribution in [3.63, 3.8) is 0 Å². The Labute approximate surface area is 161 Å². The number of carbonyl (C=O) groups excluding carboxylic acids is 1. The third-order valence-corrected chi connectivity index (χ3v) is 5.35. The fourth-order valence-corrected chi connectivity index (χ4v) is 4.13. The van der Waals surface area contributed by atoms with Gasteiger partial charge < -0.3 is 9.47 Å². The summed E-state index contributed by atoms with van der Waals surface area (Å²) in [4.78, 5) is 30.9. The number of thiophene rings is 1. The van der Waals surface area contributed by atoms with Gasteiger partial charge in [-0.25, -0.2) is 9.78 Å². The molecule has 0 radical (unpaired) electrons. The maximum Gasteiger partial charge on any atom is 0.329 e. The molecule has 0 fully saturated rings. The number of ether oxygens (including phenoxy) is 2. The number of esters is 1. The fraction of sp³-hybridized carbons (Fsp3) is 0.350. The van der Waals surface area contributed by atoms with E-state index in [1.165, 1.54) is 15.9 Å². The van der Waals surface area contributed by atoms with Crippen LogP contribution >= 0.6 is 11.3 Å². The maximum atomic E-state index is 13.3. The van der Waals surface area contributed by atoms with Crippen LogP contribution in [0.2, 0.25) is 0 Å². The second-order valence-electron chi connectivity index (χ2n) is 6.07. The van der Waals surface area contributed by atoms with Gasteiger partial charge in [-0.15, -0.1) is 11.3 Å². The Balaban J connectivity index is 2.19. The topological polar surface area (TPSA) is 70.4 Å². The highest BCUT2D eigenvalue weighted by molar-refractivity contribution is 7.17. The first-order chi connectivity index (χ1) is 13.0. The SMILES string of the molecule is CCOC(=O)C(CC)n1c(C)nc2scc(-c3ccc(OC)cc3)c2c1=O. The van der Waals surface area contributed by atoms with Crippen molar-refractivity contribution in [2.75, 3.05) is 13.7 Å². The molecule has 6 nitrogen and oxygen atoms in total. The molecule has 0 aliphatic carbocycles. The van der Waals surface area contributed by atoms with Gasteiger partial charge in [0.15, 0.2) is 0 Å². The zero-order valence-electron chi connectivity index (χ0n) is 15.8. The van der Waals surface area contributed by atoms with Crippen LogP contribution in [0.4, 0.5) is 0 Å². The molecule has 7 heteroatoms. The molecular weight excluding hydrogens is 364 g/mol. The summed E-state index contributed by atoms with van der Waals surface area (Å²) < 4.78 is 11.8. The largest absolute Gasteiger partial charge is 0.497 e. The van der Waals surface area contributed by atoms with Crippen molar-refractivity contribution in [2.45, 2.75) is 33.2 Å². The molecule has 2 aromatic heterocycles. The Kier molecular flexibility index (Phi) is 5.60. The molecule has 1 aromatic carbocycles. The molecule has 0 saturated heterocycles. The molecule has 0 aliphatic heterocycles. The average molecular weight is 386 g/mol. The van der Waals surface area contributed by atoms with E-state index >= 15 is 0 Å². The second kappa shape index (κ2) is 7.92. The van der Waals surface area contributed by atoms with E-state index in [0.717, 1.165) is 16.9 Å². The smallest absolute Gasteiger partial charge is 0.329 e. The molecule has 0 aliphatic rings. The van der Waals surface area contributed by atoms with Crippen molar-refractivity contribution in [1.82, 2.24) is 9.55 Å². The first-order valence-corrected chi connectivity index (χ1v) is 9.71. The predicted molar refractivity (Wildman–Crippen MR) is 107 cm³/mol. The van der Waals surface area contributed by atoms with Gasteiger partial charge in [0.2, 0.25) is 0 Å². The lowest BCUT2D eigenvalue weighted by atomic mass is 10.1. The Morgan fingerprint density at radius 3 is 2.56 bits per heavy atom. The lowest BCUT2D eigenvalue weighted by molar-refractivity contribution is -0.147. The summed E-state index contributed by atoms with van der Waals surface area (Å²) in [7, 11) is 1.61. The molecule has 3 rings (SSSR count). The molecular formula is C20H22N2O4S. The third-order valence-electron chi connectivity index (χ3n) is 4.47. The van der Waals surface area contributed by atoms with E-state index in [1.54, 1.807) is 21.0 Å². The van der Waals surface area contributed by atoms with Gasteiger partial charge in [-0.05, 0) is 38.0 Å². The fourth-order valence-electron chi connectivity index (χ4n) is 3.15. The number of fused-ring (bicyclic) bond motifs is 1. The summed E-state index contributed by atoms with van der Waals surface area (Å²) in [5, 5.41) is 2.45. The lowest BCUT2D eigenvalue weighted by Crippen LogP contribution is -2.33. The van der Waals surface area contributed by atoms with E-state index in [1.807, 2.05) is 36.6 Å². The van der Waals surface area contributed by atoms with Crippen molar-refractivity contribution >= 4 is 27.5 Å². The highest BCUT2D eigenvalue weighted by Crippen LogP contribution is 2.32. The molecule has 3 aromatic rings. The van der Waals surface area contributed by atoms with E-state index in [4.69, 9.17) is 9.47 Å². The van der Waals surface area contributed by atoms with Crippen LogP contribution in [0.3, 0.4) is 0 Å². The number of rotatable bonds is 6. The molecule has 142 valence electrons. The highest BCUT2D eigenvalue weighted by atomic mass is 32.1. The minimum absolute atomic E-state index is 0.218. The molecule has 0 amide bonds. The average Bonchev–Trinajstić information content (AvgIpc) is 3.09. The van der Waals surface area contributed by atoms with Gasteiger partial charge in [0.25, 0.3) is 5.56 Å². The van der Waals surface area contributed by atoms with Crippen molar-refractivity contribution in [1.29, 1.82) is 0 Å². The van der Waals surface area contributed by atoms with Gasteiger partial charge in [0.05, 0.1) is 19.1 Å². The summed E-state index contributed by atoms with van der Waals surface area (Å²) >= 11 is 1.42. The Morgan fingerprint density at radius 1 is 1.26 bits per heavy atom. The zero-order valence-corrected chi connectivity index (χ0v) is 16.6. The van der Waals surface area contributed by atoms with Gasteiger partial charge in [-0.3, -0.25) is 9.36 Å². The number of aromatic nitrogens is 2. The number of carbonyl (C=O) groups is 1. The second-order valence-corrected chi connectivity index (χ2v) is 6.93. The van der Waals surface area contributed by atoms with Gasteiger partial charge in [0, 0.05) is 10.9 Å². The Morgan fingerprint density at radius 2 is 1.96 bits per heavy atom. The van der Waals surface area contributed by atoms with Crippen LogP contribution in [0, 0.1) is 6.92 Å². The molecule has 0 bridgehead atoms. The molecule has 0 spiro atoms. The summed E-state index contributed by atoms with van der Waals surface area (Å²) in [6, 6.07) is 6.84. The molecule has 27 heavy (non-hydrogen) atoms. The van der Waals surface area contributed by atoms with Gasteiger partial charge in [0.1, 0.15) is 22.4 Å². The standard InChI is InChI=1S/C20H22N2O4S/c1-5-16(20(24)26-6-2)22-12(3)21-18-17(19(22)23)15(11-27-18)13-7-9-14(25-4)10-8-13/h7-11,16H,5-6H2,1-4H3. The van der Waals surface area contributed by atoms with E-state index in [2.05, 4.69) is 4.98 Å². The number of aryl methyl sites for hydroxylation is 1. The van der Waals surface area contributed by atoms with E-state index in [0.29, 0.717) is 22.5 Å². The van der Waals surface area contributed by atoms with Gasteiger partial charge in [-0.2, -0.15) is 0 Å². The third kappa shape index (κ3) is 3.47. The first-order valence-electron chi connectivity index (χ1n) is 8.83. The van der Waals surface area contributed by atoms with E-state index in [9.17, 15) is 9.59 Å². The molecule has 1 atom stereocenters. The lowest BCUT2D eigenvalue weighted by Gasteiger charge is -2.19. The number of hydrogen-bond donors (Lipinski definition) is 0.